The molecular weight excluding hydrogens is 198 g/mol. The Labute approximate surface area is 86.9 Å². The molecule has 1 aromatic carbocycles. The van der Waals surface area contributed by atoms with Gasteiger partial charge in [-0.05, 0) is 24.6 Å². The Bertz CT molecular complexity index is 391. The van der Waals surface area contributed by atoms with Crippen molar-refractivity contribution in [3.63, 3.8) is 0 Å². The van der Waals surface area contributed by atoms with Crippen LogP contribution < -0.4 is 15.0 Å². The molecule has 0 aliphatic carbocycles. The van der Waals surface area contributed by atoms with Crippen LogP contribution in [0.4, 0.5) is 0 Å². The van der Waals surface area contributed by atoms with Crippen molar-refractivity contribution in [3.05, 3.63) is 23.8 Å². The lowest BCUT2D eigenvalue weighted by Crippen LogP contribution is -2.39. The molecule has 0 aromatic heterocycles. The van der Waals surface area contributed by atoms with Gasteiger partial charge in [-0.2, -0.15) is 0 Å². The van der Waals surface area contributed by atoms with Gasteiger partial charge in [0.1, 0.15) is 0 Å². The van der Waals surface area contributed by atoms with E-state index in [2.05, 4.69) is 10.3 Å². The lowest BCUT2D eigenvalue weighted by molar-refractivity contribution is -0.147. The first-order valence-electron chi connectivity index (χ1n) is 4.47. The number of carbonyl (C=O) groups is 1. The highest BCUT2D eigenvalue weighted by atomic mass is 16.7. The number of carbonyl (C=O) groups excluding carboxylic acids is 1. The SMILES string of the molecule is CONC(=O)C1Oc2ccc(C)cc2O1. The summed E-state index contributed by atoms with van der Waals surface area (Å²) < 4.78 is 10.5. The number of rotatable bonds is 2. The first-order chi connectivity index (χ1) is 7.20. The quantitative estimate of drug-likeness (QED) is 0.731. The predicted molar refractivity (Wildman–Crippen MR) is 51.4 cm³/mol. The maximum atomic E-state index is 11.3. The molecule has 1 amide bonds. The van der Waals surface area contributed by atoms with Gasteiger partial charge in [0, 0.05) is 0 Å². The average molecular weight is 209 g/mol. The molecule has 1 N–H and O–H groups in total. The Balaban J connectivity index is 2.12. The number of ether oxygens (including phenoxy) is 2. The molecule has 5 nitrogen and oxygen atoms in total. The summed E-state index contributed by atoms with van der Waals surface area (Å²) in [7, 11) is 1.35. The van der Waals surface area contributed by atoms with Crippen LogP contribution in [0.25, 0.3) is 0 Å². The lowest BCUT2D eigenvalue weighted by atomic mass is 10.2. The zero-order valence-electron chi connectivity index (χ0n) is 8.44. The van der Waals surface area contributed by atoms with E-state index in [1.807, 2.05) is 19.1 Å². The van der Waals surface area contributed by atoms with Gasteiger partial charge in [-0.1, -0.05) is 6.07 Å². The Morgan fingerprint density at radius 1 is 1.40 bits per heavy atom. The van der Waals surface area contributed by atoms with E-state index < -0.39 is 12.2 Å². The molecule has 1 aliphatic rings. The standard InChI is InChI=1S/C10H11NO4/c1-6-3-4-7-8(5-6)15-10(14-7)9(12)11-13-2/h3-5,10H,1-2H3,(H,11,12). The molecule has 5 heteroatoms. The van der Waals surface area contributed by atoms with E-state index in [1.165, 1.54) is 7.11 Å². The largest absolute Gasteiger partial charge is 0.442 e. The number of aryl methyl sites for hydroxylation is 1. The molecule has 1 aromatic rings. The summed E-state index contributed by atoms with van der Waals surface area (Å²) >= 11 is 0. The highest BCUT2D eigenvalue weighted by Gasteiger charge is 2.30. The minimum Gasteiger partial charge on any atom is -0.442 e. The molecule has 0 saturated carbocycles. The Kier molecular flexibility index (Phi) is 2.47. The van der Waals surface area contributed by atoms with Crippen LogP contribution >= 0.6 is 0 Å². The van der Waals surface area contributed by atoms with Gasteiger partial charge >= 0.3 is 12.2 Å². The van der Waals surface area contributed by atoms with Gasteiger partial charge in [-0.15, -0.1) is 0 Å². The molecule has 2 rings (SSSR count). The van der Waals surface area contributed by atoms with E-state index in [1.54, 1.807) is 6.07 Å². The van der Waals surface area contributed by atoms with Crippen LogP contribution in [0.3, 0.4) is 0 Å². The van der Waals surface area contributed by atoms with Crippen molar-refractivity contribution in [2.24, 2.45) is 0 Å². The van der Waals surface area contributed by atoms with Crippen LogP contribution in [-0.4, -0.2) is 19.3 Å². The highest BCUT2D eigenvalue weighted by Crippen LogP contribution is 2.35. The van der Waals surface area contributed by atoms with Gasteiger partial charge in [0.05, 0.1) is 7.11 Å². The second-order valence-electron chi connectivity index (χ2n) is 3.19. The fraction of sp³-hybridized carbons (Fsp3) is 0.300. The second kappa shape index (κ2) is 3.78. The molecule has 15 heavy (non-hydrogen) atoms. The van der Waals surface area contributed by atoms with Crippen molar-refractivity contribution in [2.45, 2.75) is 13.2 Å². The molecule has 0 spiro atoms. The van der Waals surface area contributed by atoms with Crippen molar-refractivity contribution in [1.29, 1.82) is 0 Å². The zero-order valence-corrected chi connectivity index (χ0v) is 8.44. The number of hydrogen-bond donors (Lipinski definition) is 1. The monoisotopic (exact) mass is 209 g/mol. The highest BCUT2D eigenvalue weighted by molar-refractivity contribution is 5.80. The third kappa shape index (κ3) is 1.87. The molecule has 0 radical (unpaired) electrons. The number of fused-ring (bicyclic) bond motifs is 1. The third-order valence-corrected chi connectivity index (χ3v) is 1.98. The molecule has 1 atom stereocenters. The molecule has 1 aliphatic heterocycles. The second-order valence-corrected chi connectivity index (χ2v) is 3.19. The van der Waals surface area contributed by atoms with Crippen molar-refractivity contribution >= 4 is 5.91 Å². The van der Waals surface area contributed by atoms with Gasteiger partial charge in [-0.25, -0.2) is 5.48 Å². The third-order valence-electron chi connectivity index (χ3n) is 1.98. The van der Waals surface area contributed by atoms with Gasteiger partial charge < -0.3 is 9.47 Å². The summed E-state index contributed by atoms with van der Waals surface area (Å²) in [6.07, 6.45) is -0.971. The molecule has 0 fully saturated rings. The van der Waals surface area contributed by atoms with Crippen LogP contribution in [-0.2, 0) is 9.63 Å². The Morgan fingerprint density at radius 2 is 2.13 bits per heavy atom. The summed E-state index contributed by atoms with van der Waals surface area (Å²) in [6, 6.07) is 5.47. The maximum Gasteiger partial charge on any atom is 0.325 e. The number of hydroxylamine groups is 1. The van der Waals surface area contributed by atoms with Crippen molar-refractivity contribution in [1.82, 2.24) is 5.48 Å². The van der Waals surface area contributed by atoms with E-state index in [4.69, 9.17) is 9.47 Å². The van der Waals surface area contributed by atoms with Gasteiger partial charge in [-0.3, -0.25) is 9.63 Å². The first-order valence-corrected chi connectivity index (χ1v) is 4.47. The summed E-state index contributed by atoms with van der Waals surface area (Å²) in [6.45, 7) is 1.94. The van der Waals surface area contributed by atoms with E-state index in [9.17, 15) is 4.79 Å². The van der Waals surface area contributed by atoms with Crippen molar-refractivity contribution in [2.75, 3.05) is 7.11 Å². The summed E-state index contributed by atoms with van der Waals surface area (Å²) in [5.74, 6) is 0.675. The summed E-state index contributed by atoms with van der Waals surface area (Å²) in [5.41, 5.74) is 3.19. The van der Waals surface area contributed by atoms with E-state index in [-0.39, 0.29) is 0 Å². The fourth-order valence-electron chi connectivity index (χ4n) is 1.32. The maximum absolute atomic E-state index is 11.3. The molecule has 0 bridgehead atoms. The topological polar surface area (TPSA) is 56.8 Å². The molecule has 1 heterocycles. The van der Waals surface area contributed by atoms with E-state index in [0.717, 1.165) is 5.56 Å². The van der Waals surface area contributed by atoms with E-state index in [0.29, 0.717) is 11.5 Å². The average Bonchev–Trinajstić information content (AvgIpc) is 2.60. The van der Waals surface area contributed by atoms with Crippen molar-refractivity contribution in [3.8, 4) is 11.5 Å². The Hall–Kier alpha value is -1.75. The van der Waals surface area contributed by atoms with Crippen LogP contribution in [0.1, 0.15) is 5.56 Å². The number of nitrogens with one attached hydrogen (secondary N) is 1. The normalized spacial score (nSPS) is 17.6. The van der Waals surface area contributed by atoms with Crippen LogP contribution in [0.5, 0.6) is 11.5 Å². The minimum absolute atomic E-state index is 0.466. The van der Waals surface area contributed by atoms with Crippen LogP contribution in [0.15, 0.2) is 18.2 Å². The number of benzene rings is 1. The lowest BCUT2D eigenvalue weighted by Gasteiger charge is -2.08. The molecular formula is C10H11NO4. The smallest absolute Gasteiger partial charge is 0.325 e. The van der Waals surface area contributed by atoms with Crippen LogP contribution in [0.2, 0.25) is 0 Å². The number of hydrogen-bond acceptors (Lipinski definition) is 4. The summed E-state index contributed by atoms with van der Waals surface area (Å²) in [5, 5.41) is 0. The molecule has 1 unspecified atom stereocenters. The molecule has 0 saturated heterocycles. The minimum atomic E-state index is -0.971. The Morgan fingerprint density at radius 3 is 2.87 bits per heavy atom. The predicted octanol–water partition coefficient (Wildman–Crippen LogP) is 0.770. The van der Waals surface area contributed by atoms with Crippen molar-refractivity contribution < 1.29 is 19.1 Å². The van der Waals surface area contributed by atoms with Gasteiger partial charge in [0.2, 0.25) is 0 Å². The first kappa shape index (κ1) is 9.79. The molecule has 80 valence electrons. The fourth-order valence-corrected chi connectivity index (χ4v) is 1.32. The number of amides is 1. The zero-order chi connectivity index (χ0) is 10.8. The van der Waals surface area contributed by atoms with Crippen LogP contribution in [0, 0.1) is 6.92 Å². The summed E-state index contributed by atoms with van der Waals surface area (Å²) in [4.78, 5) is 15.8. The van der Waals surface area contributed by atoms with Gasteiger partial charge in [0.25, 0.3) is 0 Å². The van der Waals surface area contributed by atoms with E-state index >= 15 is 0 Å². The van der Waals surface area contributed by atoms with Gasteiger partial charge in [0.15, 0.2) is 11.5 Å².